The molecule has 0 spiro atoms. The van der Waals surface area contributed by atoms with Crippen LogP contribution in [-0.2, 0) is 10.5 Å². The molecule has 0 aliphatic rings. The van der Waals surface area contributed by atoms with Crippen LogP contribution in [0.1, 0.15) is 5.89 Å². The molecule has 2 heterocycles. The van der Waals surface area contributed by atoms with Gasteiger partial charge in [0, 0.05) is 19.2 Å². The monoisotopic (exact) mass is 367 g/mol. The fourth-order valence-electron chi connectivity index (χ4n) is 1.75. The maximum absolute atomic E-state index is 12.9. The molecule has 0 amide bonds. The minimum Gasteiger partial charge on any atom is -0.383 e. The first kappa shape index (κ1) is 16.8. The smallest absolute Gasteiger partial charge is 0.237 e. The van der Waals surface area contributed by atoms with Gasteiger partial charge in [-0.25, -0.2) is 4.39 Å². The van der Waals surface area contributed by atoms with Gasteiger partial charge in [-0.3, -0.25) is 0 Å². The molecule has 3 rings (SSSR count). The van der Waals surface area contributed by atoms with Crippen LogP contribution in [0.4, 0.5) is 9.52 Å². The second kappa shape index (κ2) is 8.18. The first-order valence-electron chi connectivity index (χ1n) is 7.02. The largest absolute Gasteiger partial charge is 0.383 e. The standard InChI is InChI=1S/C14H14FN5O2S2/c1-21-7-6-16-13-18-19-14(24-13)23-8-11-17-12(20-22-11)9-2-4-10(15)5-3-9/h2-5H,6-8H2,1H3,(H,16,18). The van der Waals surface area contributed by atoms with Gasteiger partial charge in [-0.1, -0.05) is 28.3 Å². The SMILES string of the molecule is COCCNc1nnc(SCc2nc(-c3ccc(F)cc3)no2)s1. The molecule has 24 heavy (non-hydrogen) atoms. The Morgan fingerprint density at radius 1 is 1.29 bits per heavy atom. The van der Waals surface area contributed by atoms with Crippen LogP contribution in [0.5, 0.6) is 0 Å². The Hall–Kier alpha value is -2.04. The zero-order chi connectivity index (χ0) is 16.8. The van der Waals surface area contributed by atoms with Gasteiger partial charge < -0.3 is 14.6 Å². The number of aromatic nitrogens is 4. The molecule has 1 N–H and O–H groups in total. The first-order chi connectivity index (χ1) is 11.7. The fraction of sp³-hybridized carbons (Fsp3) is 0.286. The molecule has 0 saturated carbocycles. The number of halogens is 1. The van der Waals surface area contributed by atoms with Gasteiger partial charge >= 0.3 is 0 Å². The Bertz CT molecular complexity index is 778. The van der Waals surface area contributed by atoms with E-state index in [2.05, 4.69) is 25.7 Å². The third-order valence-electron chi connectivity index (χ3n) is 2.88. The summed E-state index contributed by atoms with van der Waals surface area (Å²) in [5, 5.41) is 15.9. The molecule has 7 nitrogen and oxygen atoms in total. The number of anilines is 1. The van der Waals surface area contributed by atoms with Crippen molar-refractivity contribution < 1.29 is 13.7 Å². The van der Waals surface area contributed by atoms with Gasteiger partial charge in [-0.15, -0.1) is 10.2 Å². The average molecular weight is 367 g/mol. The molecular formula is C14H14FN5O2S2. The van der Waals surface area contributed by atoms with Crippen LogP contribution in [-0.4, -0.2) is 40.6 Å². The third-order valence-corrected chi connectivity index (χ3v) is 4.88. The second-order valence-corrected chi connectivity index (χ2v) is 6.80. The Labute approximate surface area is 145 Å². The van der Waals surface area contributed by atoms with E-state index in [-0.39, 0.29) is 5.82 Å². The average Bonchev–Trinajstić information content (AvgIpc) is 3.23. The summed E-state index contributed by atoms with van der Waals surface area (Å²) < 4.78 is 23.9. The summed E-state index contributed by atoms with van der Waals surface area (Å²) in [6.45, 7) is 1.29. The van der Waals surface area contributed by atoms with E-state index < -0.39 is 0 Å². The number of rotatable bonds is 8. The van der Waals surface area contributed by atoms with Crippen molar-refractivity contribution in [1.82, 2.24) is 20.3 Å². The zero-order valence-corrected chi connectivity index (χ0v) is 14.4. The van der Waals surface area contributed by atoms with Crippen molar-refractivity contribution in [2.24, 2.45) is 0 Å². The Balaban J connectivity index is 1.54. The summed E-state index contributed by atoms with van der Waals surface area (Å²) >= 11 is 2.91. The normalized spacial score (nSPS) is 10.9. The second-order valence-electron chi connectivity index (χ2n) is 4.60. The van der Waals surface area contributed by atoms with Crippen LogP contribution in [0, 0.1) is 5.82 Å². The molecular weight excluding hydrogens is 353 g/mol. The van der Waals surface area contributed by atoms with Crippen molar-refractivity contribution in [3.63, 3.8) is 0 Å². The van der Waals surface area contributed by atoms with Crippen molar-refractivity contribution in [3.05, 3.63) is 36.0 Å². The molecule has 2 aromatic heterocycles. The van der Waals surface area contributed by atoms with Crippen LogP contribution in [0.3, 0.4) is 0 Å². The molecule has 0 bridgehead atoms. The Morgan fingerprint density at radius 2 is 2.12 bits per heavy atom. The van der Waals surface area contributed by atoms with Crippen molar-refractivity contribution in [2.75, 3.05) is 25.6 Å². The van der Waals surface area contributed by atoms with E-state index in [0.29, 0.717) is 36.2 Å². The number of benzene rings is 1. The van der Waals surface area contributed by atoms with E-state index in [1.54, 1.807) is 19.2 Å². The van der Waals surface area contributed by atoms with E-state index >= 15 is 0 Å². The number of methoxy groups -OCH3 is 1. The lowest BCUT2D eigenvalue weighted by molar-refractivity contribution is 0.211. The lowest BCUT2D eigenvalue weighted by atomic mass is 10.2. The third kappa shape index (κ3) is 4.49. The Kier molecular flexibility index (Phi) is 5.72. The summed E-state index contributed by atoms with van der Waals surface area (Å²) in [5.41, 5.74) is 0.706. The van der Waals surface area contributed by atoms with Gasteiger partial charge in [0.25, 0.3) is 0 Å². The first-order valence-corrected chi connectivity index (χ1v) is 8.82. The lowest BCUT2D eigenvalue weighted by Crippen LogP contribution is -2.06. The maximum atomic E-state index is 12.9. The molecule has 0 aliphatic carbocycles. The highest BCUT2D eigenvalue weighted by Crippen LogP contribution is 2.28. The van der Waals surface area contributed by atoms with Gasteiger partial charge in [0.2, 0.25) is 16.8 Å². The summed E-state index contributed by atoms with van der Waals surface area (Å²) in [7, 11) is 1.65. The quantitative estimate of drug-likeness (QED) is 0.480. The summed E-state index contributed by atoms with van der Waals surface area (Å²) in [4.78, 5) is 4.30. The van der Waals surface area contributed by atoms with E-state index in [9.17, 15) is 4.39 Å². The van der Waals surface area contributed by atoms with Crippen molar-refractivity contribution in [3.8, 4) is 11.4 Å². The predicted octanol–water partition coefficient (Wildman–Crippen LogP) is 3.08. The molecule has 0 fully saturated rings. The van der Waals surface area contributed by atoms with Crippen LogP contribution in [0.25, 0.3) is 11.4 Å². The molecule has 10 heteroatoms. The van der Waals surface area contributed by atoms with Gasteiger partial charge in [0.05, 0.1) is 12.4 Å². The molecule has 0 aliphatic heterocycles. The van der Waals surface area contributed by atoms with Crippen LogP contribution >= 0.6 is 23.1 Å². The number of thioether (sulfide) groups is 1. The fourth-order valence-corrected chi connectivity index (χ4v) is 3.37. The van der Waals surface area contributed by atoms with Gasteiger partial charge in [-0.2, -0.15) is 4.98 Å². The Morgan fingerprint density at radius 3 is 2.92 bits per heavy atom. The highest BCUT2D eigenvalue weighted by atomic mass is 32.2. The molecule has 1 aromatic carbocycles. The van der Waals surface area contributed by atoms with E-state index in [0.717, 1.165) is 9.47 Å². The lowest BCUT2D eigenvalue weighted by Gasteiger charge is -1.98. The van der Waals surface area contributed by atoms with E-state index in [4.69, 9.17) is 9.26 Å². The van der Waals surface area contributed by atoms with Crippen LogP contribution in [0.15, 0.2) is 33.1 Å². The number of nitrogens with zero attached hydrogens (tertiary/aromatic N) is 4. The van der Waals surface area contributed by atoms with E-state index in [1.807, 2.05) is 0 Å². The molecule has 0 unspecified atom stereocenters. The van der Waals surface area contributed by atoms with Crippen LogP contribution in [0.2, 0.25) is 0 Å². The summed E-state index contributed by atoms with van der Waals surface area (Å²) in [6.07, 6.45) is 0. The minimum absolute atomic E-state index is 0.302. The maximum Gasteiger partial charge on any atom is 0.237 e. The number of hydrogen-bond donors (Lipinski definition) is 1. The molecule has 3 aromatic rings. The molecule has 0 atom stereocenters. The minimum atomic E-state index is -0.302. The molecule has 0 saturated heterocycles. The summed E-state index contributed by atoms with van der Waals surface area (Å²) in [6, 6.07) is 5.94. The highest BCUT2D eigenvalue weighted by molar-refractivity contribution is 8.00. The number of nitrogens with one attached hydrogen (secondary N) is 1. The topological polar surface area (TPSA) is 86.0 Å². The van der Waals surface area contributed by atoms with Crippen LogP contribution < -0.4 is 5.32 Å². The summed E-state index contributed by atoms with van der Waals surface area (Å²) in [5.74, 6) is 1.10. The van der Waals surface area contributed by atoms with Gasteiger partial charge in [0.1, 0.15) is 5.82 Å². The van der Waals surface area contributed by atoms with Crippen molar-refractivity contribution in [1.29, 1.82) is 0 Å². The number of ether oxygens (including phenoxy) is 1. The highest BCUT2D eigenvalue weighted by Gasteiger charge is 2.11. The van der Waals surface area contributed by atoms with Gasteiger partial charge in [0.15, 0.2) is 4.34 Å². The molecule has 0 radical (unpaired) electrons. The van der Waals surface area contributed by atoms with Gasteiger partial charge in [-0.05, 0) is 24.3 Å². The number of hydrogen-bond acceptors (Lipinski definition) is 9. The van der Waals surface area contributed by atoms with Crippen molar-refractivity contribution in [2.45, 2.75) is 10.1 Å². The van der Waals surface area contributed by atoms with E-state index in [1.165, 1.54) is 35.2 Å². The zero-order valence-electron chi connectivity index (χ0n) is 12.7. The molecule has 126 valence electrons. The predicted molar refractivity (Wildman–Crippen MR) is 89.5 cm³/mol. The van der Waals surface area contributed by atoms with Crippen molar-refractivity contribution >= 4 is 28.2 Å².